The van der Waals surface area contributed by atoms with E-state index in [2.05, 4.69) is 23.1 Å². The number of allylic oxidation sites excluding steroid dienone is 3. The molecule has 0 spiro atoms. The van der Waals surface area contributed by atoms with E-state index >= 15 is 0 Å². The Hall–Kier alpha value is -2.81. The maximum Gasteiger partial charge on any atom is 0.200 e. The molecule has 8 heteroatoms. The van der Waals surface area contributed by atoms with E-state index in [1.807, 2.05) is 42.5 Å². The topological polar surface area (TPSA) is 99.2 Å². The van der Waals surface area contributed by atoms with E-state index in [1.54, 1.807) is 11.8 Å². The highest BCUT2D eigenvalue weighted by Gasteiger charge is 2.25. The van der Waals surface area contributed by atoms with E-state index in [-0.39, 0.29) is 12.2 Å². The normalized spacial score (nSPS) is 18.2. The molecule has 0 fully saturated rings. The van der Waals surface area contributed by atoms with E-state index in [0.717, 1.165) is 57.5 Å². The van der Waals surface area contributed by atoms with Crippen molar-refractivity contribution in [3.63, 3.8) is 0 Å². The van der Waals surface area contributed by atoms with Gasteiger partial charge in [-0.3, -0.25) is 5.41 Å². The van der Waals surface area contributed by atoms with Crippen LogP contribution in [0.4, 0.5) is 5.69 Å². The van der Waals surface area contributed by atoms with Crippen LogP contribution in [0.3, 0.4) is 0 Å². The molecular formula is C25H24N2O4S2. The Morgan fingerprint density at radius 1 is 1.12 bits per heavy atom. The molecule has 2 aliphatic carbocycles. The monoisotopic (exact) mass is 480 g/mol. The molecule has 1 aromatic rings. The highest BCUT2D eigenvalue weighted by atomic mass is 32.2. The van der Waals surface area contributed by atoms with Gasteiger partial charge in [-0.1, -0.05) is 30.0 Å². The average molecular weight is 481 g/mol. The van der Waals surface area contributed by atoms with Crippen molar-refractivity contribution in [2.45, 2.75) is 30.6 Å². The second kappa shape index (κ2) is 8.85. The number of hydrogen-bond donors (Lipinski definition) is 1. The second-order valence-electron chi connectivity index (χ2n) is 8.29. The van der Waals surface area contributed by atoms with Gasteiger partial charge in [-0.2, -0.15) is 0 Å². The molecule has 0 unspecified atom stereocenters. The minimum absolute atomic E-state index is 0.278. The molecule has 1 aromatic carbocycles. The first kappa shape index (κ1) is 22.0. The quantitative estimate of drug-likeness (QED) is 0.563. The van der Waals surface area contributed by atoms with Crippen molar-refractivity contribution in [2.24, 2.45) is 0 Å². The molecule has 0 radical (unpaired) electrons. The van der Waals surface area contributed by atoms with E-state index in [4.69, 9.17) is 9.83 Å². The molecule has 0 aromatic heterocycles. The Morgan fingerprint density at radius 2 is 1.97 bits per heavy atom. The summed E-state index contributed by atoms with van der Waals surface area (Å²) in [6, 6.07) is 15.9. The molecule has 0 saturated heterocycles. The van der Waals surface area contributed by atoms with Gasteiger partial charge in [0, 0.05) is 28.8 Å². The third-order valence-corrected chi connectivity index (χ3v) is 7.81. The van der Waals surface area contributed by atoms with Gasteiger partial charge in [0.2, 0.25) is 0 Å². The smallest absolute Gasteiger partial charge is 0.200 e. The van der Waals surface area contributed by atoms with E-state index in [1.165, 1.54) is 5.56 Å². The number of thioether (sulfide) groups is 1. The van der Waals surface area contributed by atoms with E-state index in [9.17, 15) is 13.0 Å². The summed E-state index contributed by atoms with van der Waals surface area (Å²) in [5.74, 6) is 1.31. The fourth-order valence-corrected chi connectivity index (χ4v) is 5.94. The maximum absolute atomic E-state index is 11.1. The van der Waals surface area contributed by atoms with Gasteiger partial charge in [0.15, 0.2) is 5.36 Å². The molecule has 0 bridgehead atoms. The molecule has 2 aliphatic heterocycles. The Balaban J connectivity index is 1.48. The van der Waals surface area contributed by atoms with Gasteiger partial charge in [0.25, 0.3) is 0 Å². The van der Waals surface area contributed by atoms with Crippen LogP contribution >= 0.6 is 11.8 Å². The average Bonchev–Trinajstić information content (AvgIpc) is 3.13. The summed E-state index contributed by atoms with van der Waals surface area (Å²) in [5, 5.41) is 7.63. The lowest BCUT2D eigenvalue weighted by Crippen LogP contribution is -2.44. The number of para-hydroxylation sites is 1. The van der Waals surface area contributed by atoms with Crippen molar-refractivity contribution in [2.75, 3.05) is 17.2 Å². The molecule has 33 heavy (non-hydrogen) atoms. The summed E-state index contributed by atoms with van der Waals surface area (Å²) in [4.78, 5) is 3.20. The molecule has 2 heterocycles. The third kappa shape index (κ3) is 4.78. The zero-order valence-corrected chi connectivity index (χ0v) is 19.6. The second-order valence-corrected chi connectivity index (χ2v) is 10.9. The molecule has 0 saturated carbocycles. The van der Waals surface area contributed by atoms with Crippen LogP contribution in [0.1, 0.15) is 30.6 Å². The van der Waals surface area contributed by atoms with Crippen LogP contribution in [0.5, 0.6) is 0 Å². The molecular weight excluding hydrogens is 456 g/mol. The Bertz CT molecular complexity index is 1410. The van der Waals surface area contributed by atoms with Crippen LogP contribution in [-0.2, 0) is 16.5 Å². The Labute approximate surface area is 197 Å². The number of benzene rings is 2. The number of nitrogens with two attached hydrogens (primary N) is 1. The van der Waals surface area contributed by atoms with Gasteiger partial charge in [-0.25, -0.2) is 8.42 Å². The first-order valence-electron chi connectivity index (χ1n) is 10.9. The van der Waals surface area contributed by atoms with Crippen molar-refractivity contribution in [3.05, 3.63) is 82.4 Å². The SMILES string of the molecule is [NH2+]=c1ccc2cc3c(oc-2c1)/C(=C/C=C1\Sc2ccccc2N1CCCS(=O)(=O)[O-])CCC3. The minimum atomic E-state index is -4.23. The van der Waals surface area contributed by atoms with Crippen molar-refractivity contribution in [1.29, 1.82) is 0 Å². The van der Waals surface area contributed by atoms with Crippen LogP contribution in [0.2, 0.25) is 0 Å². The fraction of sp³-hybridized carbons (Fsp3) is 0.240. The summed E-state index contributed by atoms with van der Waals surface area (Å²) in [6.45, 7) is 0.464. The molecule has 0 amide bonds. The van der Waals surface area contributed by atoms with E-state index in [0.29, 0.717) is 11.9 Å². The summed E-state index contributed by atoms with van der Waals surface area (Å²) in [5.41, 5.74) is 4.41. The fourth-order valence-electron chi connectivity index (χ4n) is 4.37. The van der Waals surface area contributed by atoms with Gasteiger partial charge in [0.05, 0.1) is 26.9 Å². The lowest BCUT2D eigenvalue weighted by atomic mass is 9.90. The van der Waals surface area contributed by atoms with Crippen LogP contribution in [0.15, 0.2) is 75.0 Å². The summed E-state index contributed by atoms with van der Waals surface area (Å²) >= 11 is 1.64. The highest BCUT2D eigenvalue weighted by molar-refractivity contribution is 8.03. The molecule has 5 rings (SSSR count). The maximum atomic E-state index is 11.1. The Kier molecular flexibility index (Phi) is 5.90. The van der Waals surface area contributed by atoms with Gasteiger partial charge in [-0.05, 0) is 67.2 Å². The van der Waals surface area contributed by atoms with Gasteiger partial charge in [0.1, 0.15) is 11.5 Å². The molecule has 0 atom stereocenters. The number of nitrogens with zero attached hydrogens (tertiary/aromatic N) is 1. The molecule has 2 N–H and O–H groups in total. The zero-order chi connectivity index (χ0) is 23.0. The first-order chi connectivity index (χ1) is 15.9. The largest absolute Gasteiger partial charge is 0.748 e. The van der Waals surface area contributed by atoms with Gasteiger partial charge < -0.3 is 13.9 Å². The number of hydrogen-bond acceptors (Lipinski definition) is 6. The first-order valence-corrected chi connectivity index (χ1v) is 13.3. The van der Waals surface area contributed by atoms with Crippen molar-refractivity contribution in [3.8, 4) is 11.3 Å². The summed E-state index contributed by atoms with van der Waals surface area (Å²) < 4.78 is 39.5. The van der Waals surface area contributed by atoms with Crippen molar-refractivity contribution >= 4 is 33.1 Å². The van der Waals surface area contributed by atoms with Crippen molar-refractivity contribution in [1.82, 2.24) is 0 Å². The molecule has 6 nitrogen and oxygen atoms in total. The highest BCUT2D eigenvalue weighted by Crippen LogP contribution is 2.46. The van der Waals surface area contributed by atoms with Crippen LogP contribution < -0.4 is 15.7 Å². The minimum Gasteiger partial charge on any atom is -0.748 e. The van der Waals surface area contributed by atoms with Crippen LogP contribution in [0, 0.1) is 0 Å². The predicted octanol–water partition coefficient (Wildman–Crippen LogP) is 3.15. The predicted molar refractivity (Wildman–Crippen MR) is 128 cm³/mol. The lowest BCUT2D eigenvalue weighted by molar-refractivity contribution is -0.172. The van der Waals surface area contributed by atoms with Crippen molar-refractivity contribution < 1.29 is 22.8 Å². The van der Waals surface area contributed by atoms with Gasteiger partial charge >= 0.3 is 0 Å². The standard InChI is InChI=1S/C25H24N2O4S2/c26-20-11-9-18-15-19-6-3-5-17(25(19)31-22(18)16-20)10-12-24-27(13-4-14-33(28,29)30)21-7-1-2-8-23(21)32-24/h1-2,7-12,15-16,26H,3-6,13-14H2,(H,28,29,30)/b17-10+,24-12-,26-20?. The zero-order valence-electron chi connectivity index (χ0n) is 18.0. The van der Waals surface area contributed by atoms with Gasteiger partial charge in [-0.15, -0.1) is 0 Å². The lowest BCUT2D eigenvalue weighted by Gasteiger charge is -2.22. The number of anilines is 1. The summed E-state index contributed by atoms with van der Waals surface area (Å²) in [6.07, 6.45) is 7.39. The van der Waals surface area contributed by atoms with E-state index < -0.39 is 10.1 Å². The summed E-state index contributed by atoms with van der Waals surface area (Å²) in [7, 11) is -4.23. The van der Waals surface area contributed by atoms with Crippen LogP contribution in [0.25, 0.3) is 16.9 Å². The molecule has 4 aliphatic rings. The number of aryl methyl sites for hydroxylation is 1. The number of fused-ring (bicyclic) bond motifs is 3. The number of rotatable bonds is 5. The van der Waals surface area contributed by atoms with Crippen LogP contribution in [-0.4, -0.2) is 25.3 Å². The third-order valence-electron chi connectivity index (χ3n) is 5.89. The molecule has 170 valence electrons. The Morgan fingerprint density at radius 3 is 2.82 bits per heavy atom.